The molecule has 0 bridgehead atoms. The summed E-state index contributed by atoms with van der Waals surface area (Å²) in [6.07, 6.45) is -6.52. The summed E-state index contributed by atoms with van der Waals surface area (Å²) < 4.78 is 39.3. The highest BCUT2D eigenvalue weighted by Crippen LogP contribution is 2.38. The van der Waals surface area contributed by atoms with Gasteiger partial charge in [-0.3, -0.25) is 0 Å². The average Bonchev–Trinajstić information content (AvgIpc) is 3.37. The molecule has 0 aliphatic heterocycles. The van der Waals surface area contributed by atoms with Gasteiger partial charge in [-0.05, 0) is 32.4 Å². The van der Waals surface area contributed by atoms with Crippen molar-refractivity contribution < 1.29 is 28.2 Å². The first-order valence-corrected chi connectivity index (χ1v) is 12.6. The second-order valence-electron chi connectivity index (χ2n) is 8.78. The number of anilines is 2. The molecule has 1 fully saturated rings. The van der Waals surface area contributed by atoms with Crippen molar-refractivity contribution in [1.29, 1.82) is 0 Å². The third-order valence-corrected chi connectivity index (χ3v) is 7.08. The van der Waals surface area contributed by atoms with Gasteiger partial charge in [0.05, 0.1) is 33.6 Å². The van der Waals surface area contributed by atoms with E-state index in [9.17, 15) is 28.2 Å². The number of benzene rings is 1. The SMILES string of the molecule is CCNC(=O)NCC1CC(Nc2nc(NCC(F)(F)F)nc(C)c2-c2nc3ccccc3s2)[C@H](O)[C@@H]1O. The Bertz CT molecular complexity index is 1220. The van der Waals surface area contributed by atoms with Crippen LogP contribution in [0.4, 0.5) is 29.7 Å². The molecule has 2 heterocycles. The number of aliphatic hydroxyl groups excluding tert-OH is 2. The summed E-state index contributed by atoms with van der Waals surface area (Å²) >= 11 is 1.38. The normalized spacial score (nSPS) is 21.7. The molecule has 1 saturated carbocycles. The molecule has 10 nitrogen and oxygen atoms in total. The van der Waals surface area contributed by atoms with Gasteiger partial charge in [0.1, 0.15) is 23.5 Å². The summed E-state index contributed by atoms with van der Waals surface area (Å²) in [5.41, 5.74) is 1.63. The molecule has 4 rings (SSSR count). The maximum Gasteiger partial charge on any atom is 0.405 e. The predicted octanol–water partition coefficient (Wildman–Crippen LogP) is 2.88. The van der Waals surface area contributed by atoms with Crippen molar-refractivity contribution in [2.45, 2.75) is 44.7 Å². The fraction of sp³-hybridized carbons (Fsp3) is 0.478. The molecule has 1 aliphatic carbocycles. The van der Waals surface area contributed by atoms with Crippen LogP contribution in [0.5, 0.6) is 0 Å². The number of carbonyl (C=O) groups is 1. The lowest BCUT2D eigenvalue weighted by molar-refractivity contribution is -0.115. The smallest absolute Gasteiger partial charge is 0.390 e. The number of hydrogen-bond donors (Lipinski definition) is 6. The van der Waals surface area contributed by atoms with Gasteiger partial charge in [-0.15, -0.1) is 11.3 Å². The number of carbonyl (C=O) groups excluding carboxylic acids is 1. The number of hydrogen-bond acceptors (Lipinski definition) is 9. The van der Waals surface area contributed by atoms with Crippen LogP contribution in [-0.4, -0.2) is 75.3 Å². The van der Waals surface area contributed by atoms with Gasteiger partial charge in [-0.2, -0.15) is 18.2 Å². The minimum absolute atomic E-state index is 0.133. The van der Waals surface area contributed by atoms with Crippen LogP contribution >= 0.6 is 11.3 Å². The lowest BCUT2D eigenvalue weighted by Gasteiger charge is -2.21. The van der Waals surface area contributed by atoms with Crippen molar-refractivity contribution in [3.05, 3.63) is 30.0 Å². The fourth-order valence-electron chi connectivity index (χ4n) is 4.26. The van der Waals surface area contributed by atoms with E-state index in [2.05, 4.69) is 36.2 Å². The largest absolute Gasteiger partial charge is 0.405 e. The maximum absolute atomic E-state index is 12.8. The zero-order valence-electron chi connectivity index (χ0n) is 20.1. The van der Waals surface area contributed by atoms with Gasteiger partial charge in [-0.25, -0.2) is 14.8 Å². The number of urea groups is 1. The van der Waals surface area contributed by atoms with Gasteiger partial charge in [0.25, 0.3) is 0 Å². The Balaban J connectivity index is 1.63. The number of thiazole rings is 1. The van der Waals surface area contributed by atoms with Gasteiger partial charge in [0, 0.05) is 19.0 Å². The van der Waals surface area contributed by atoms with E-state index in [1.165, 1.54) is 11.3 Å². The first kappa shape index (κ1) is 26.8. The first-order chi connectivity index (χ1) is 17.6. The number of halogens is 3. The van der Waals surface area contributed by atoms with Crippen molar-refractivity contribution in [2.75, 3.05) is 30.3 Å². The van der Waals surface area contributed by atoms with Crippen LogP contribution in [0, 0.1) is 12.8 Å². The quantitative estimate of drug-likeness (QED) is 0.256. The third-order valence-electron chi connectivity index (χ3n) is 6.03. The van der Waals surface area contributed by atoms with Gasteiger partial charge in [-0.1, -0.05) is 12.1 Å². The van der Waals surface area contributed by atoms with Crippen molar-refractivity contribution in [2.24, 2.45) is 5.92 Å². The minimum atomic E-state index is -4.47. The van der Waals surface area contributed by atoms with E-state index < -0.39 is 36.9 Å². The number of nitrogens with zero attached hydrogens (tertiary/aromatic N) is 3. The second-order valence-corrected chi connectivity index (χ2v) is 9.81. The van der Waals surface area contributed by atoms with E-state index in [1.54, 1.807) is 13.8 Å². The zero-order valence-corrected chi connectivity index (χ0v) is 21.0. The second kappa shape index (κ2) is 11.0. The molecule has 1 aromatic carbocycles. The number of aliphatic hydroxyl groups is 2. The Labute approximate surface area is 214 Å². The molecule has 0 spiro atoms. The standard InChI is InChI=1S/C23H28F3N7O3S/c1-3-27-22(36)28-9-12-8-14(18(35)17(12)34)31-19-16(20-32-13-6-4-5-7-15(13)37-20)11(2)30-21(33-19)29-10-23(24,25)26/h4-7,12,14,17-18,34-35H,3,8-10H2,1-2H3,(H2,27,28,36)(H2,29,30,31,33)/t12?,14?,17-,18+/m1/s1. The highest BCUT2D eigenvalue weighted by molar-refractivity contribution is 7.21. The molecular formula is C23H28F3N7O3S. The van der Waals surface area contributed by atoms with Crippen molar-refractivity contribution in [3.8, 4) is 10.6 Å². The number of aryl methyl sites for hydroxylation is 1. The average molecular weight is 540 g/mol. The number of aromatic nitrogens is 3. The summed E-state index contributed by atoms with van der Waals surface area (Å²) in [4.78, 5) is 24.9. The summed E-state index contributed by atoms with van der Waals surface area (Å²) in [6, 6.07) is 6.41. The Morgan fingerprint density at radius 1 is 1.14 bits per heavy atom. The highest BCUT2D eigenvalue weighted by atomic mass is 32.1. The van der Waals surface area contributed by atoms with Crippen LogP contribution < -0.4 is 21.3 Å². The zero-order chi connectivity index (χ0) is 26.7. The van der Waals surface area contributed by atoms with Crippen LogP contribution in [-0.2, 0) is 0 Å². The van der Waals surface area contributed by atoms with Gasteiger partial charge < -0.3 is 31.5 Å². The Morgan fingerprint density at radius 3 is 2.59 bits per heavy atom. The topological polar surface area (TPSA) is 144 Å². The van der Waals surface area contributed by atoms with E-state index in [0.29, 0.717) is 22.8 Å². The molecule has 6 N–H and O–H groups in total. The monoisotopic (exact) mass is 539 g/mol. The summed E-state index contributed by atoms with van der Waals surface area (Å²) in [5.74, 6) is -0.499. The lowest BCUT2D eigenvalue weighted by Crippen LogP contribution is -2.41. The van der Waals surface area contributed by atoms with E-state index in [1.807, 2.05) is 24.3 Å². The number of para-hydroxylation sites is 1. The van der Waals surface area contributed by atoms with Crippen LogP contribution in [0.2, 0.25) is 0 Å². The van der Waals surface area contributed by atoms with E-state index >= 15 is 0 Å². The van der Waals surface area contributed by atoms with E-state index in [-0.39, 0.29) is 30.8 Å². The molecule has 2 aromatic heterocycles. The lowest BCUT2D eigenvalue weighted by atomic mass is 10.1. The van der Waals surface area contributed by atoms with Crippen LogP contribution in [0.25, 0.3) is 20.8 Å². The number of alkyl halides is 3. The molecule has 3 aromatic rings. The fourth-order valence-corrected chi connectivity index (χ4v) is 5.33. The predicted molar refractivity (Wildman–Crippen MR) is 135 cm³/mol. The van der Waals surface area contributed by atoms with E-state index in [0.717, 1.165) is 10.2 Å². The Hall–Kier alpha value is -3.23. The van der Waals surface area contributed by atoms with E-state index in [4.69, 9.17) is 0 Å². The number of nitrogens with one attached hydrogen (secondary N) is 4. The van der Waals surface area contributed by atoms with Crippen LogP contribution in [0.3, 0.4) is 0 Å². The molecule has 2 unspecified atom stereocenters. The Morgan fingerprint density at radius 2 is 1.89 bits per heavy atom. The molecule has 4 atom stereocenters. The number of fused-ring (bicyclic) bond motifs is 1. The molecule has 1 aliphatic rings. The molecule has 0 saturated heterocycles. The van der Waals surface area contributed by atoms with Crippen molar-refractivity contribution >= 4 is 39.4 Å². The molecule has 0 radical (unpaired) electrons. The maximum atomic E-state index is 12.8. The molecule has 2 amide bonds. The van der Waals surface area contributed by atoms with Gasteiger partial charge in [0.2, 0.25) is 5.95 Å². The van der Waals surface area contributed by atoms with Crippen LogP contribution in [0.1, 0.15) is 19.0 Å². The number of rotatable bonds is 8. The minimum Gasteiger partial charge on any atom is -0.390 e. The van der Waals surface area contributed by atoms with Gasteiger partial charge in [0.15, 0.2) is 0 Å². The first-order valence-electron chi connectivity index (χ1n) is 11.7. The van der Waals surface area contributed by atoms with Crippen LogP contribution in [0.15, 0.2) is 24.3 Å². The summed E-state index contributed by atoms with van der Waals surface area (Å²) in [5, 5.41) is 32.4. The highest BCUT2D eigenvalue weighted by Gasteiger charge is 2.42. The molecule has 14 heteroatoms. The third kappa shape index (κ3) is 6.37. The summed E-state index contributed by atoms with van der Waals surface area (Å²) in [7, 11) is 0. The number of amides is 2. The molecule has 200 valence electrons. The Kier molecular flexibility index (Phi) is 7.99. The molecule has 37 heavy (non-hydrogen) atoms. The van der Waals surface area contributed by atoms with Crippen molar-refractivity contribution in [3.63, 3.8) is 0 Å². The molecular weight excluding hydrogens is 511 g/mol. The summed E-state index contributed by atoms with van der Waals surface area (Å²) in [6.45, 7) is 2.68. The van der Waals surface area contributed by atoms with Crippen molar-refractivity contribution in [1.82, 2.24) is 25.6 Å². The van der Waals surface area contributed by atoms with Gasteiger partial charge >= 0.3 is 12.2 Å².